The van der Waals surface area contributed by atoms with Gasteiger partial charge in [-0.1, -0.05) is 17.9 Å². The Bertz CT molecular complexity index is 322. The molecule has 0 aliphatic carbocycles. The number of benzene rings is 1. The Morgan fingerprint density at radius 3 is 3.00 bits per heavy atom. The van der Waals surface area contributed by atoms with Crippen LogP contribution in [-0.4, -0.2) is 13.2 Å². The minimum absolute atomic E-state index is 0.477. The molecule has 0 aromatic heterocycles. The van der Waals surface area contributed by atoms with E-state index in [-0.39, 0.29) is 0 Å². The zero-order valence-electron chi connectivity index (χ0n) is 7.71. The quantitative estimate of drug-likeness (QED) is 0.421. The molecule has 13 heavy (non-hydrogen) atoms. The van der Waals surface area contributed by atoms with E-state index in [9.17, 15) is 0 Å². The first-order chi connectivity index (χ1) is 6.33. The zero-order chi connectivity index (χ0) is 9.52. The molecule has 1 aromatic carbocycles. The van der Waals surface area contributed by atoms with E-state index in [4.69, 9.17) is 10.5 Å². The highest BCUT2D eigenvalue weighted by molar-refractivity contribution is 5.46. The van der Waals surface area contributed by atoms with Crippen LogP contribution < -0.4 is 5.73 Å². The van der Waals surface area contributed by atoms with Crippen LogP contribution in [0.1, 0.15) is 12.5 Å². The molecule has 0 bridgehead atoms. The standard InChI is InChI=1S/C11H13NO/c1-2-13-8-4-6-10-5-3-7-11(12)9-10/h3,5,7,9H,2,8,12H2,1H3. The van der Waals surface area contributed by atoms with Gasteiger partial charge < -0.3 is 10.5 Å². The second-order valence-electron chi connectivity index (χ2n) is 2.56. The van der Waals surface area contributed by atoms with Crippen LogP contribution in [0.5, 0.6) is 0 Å². The van der Waals surface area contributed by atoms with Gasteiger partial charge in [0.2, 0.25) is 0 Å². The van der Waals surface area contributed by atoms with E-state index < -0.39 is 0 Å². The molecule has 1 rings (SSSR count). The van der Waals surface area contributed by atoms with Crippen molar-refractivity contribution in [2.24, 2.45) is 0 Å². The molecule has 2 heteroatoms. The molecule has 0 amide bonds. The fraction of sp³-hybridized carbons (Fsp3) is 0.273. The largest absolute Gasteiger partial charge is 0.399 e. The fourth-order valence-corrected chi connectivity index (χ4v) is 0.908. The second kappa shape index (κ2) is 5.23. The van der Waals surface area contributed by atoms with Crippen molar-refractivity contribution >= 4 is 5.69 Å². The van der Waals surface area contributed by atoms with Gasteiger partial charge in [-0.3, -0.25) is 0 Å². The number of rotatable bonds is 2. The third-order valence-corrected chi connectivity index (χ3v) is 1.50. The molecular weight excluding hydrogens is 162 g/mol. The number of hydrogen-bond acceptors (Lipinski definition) is 2. The summed E-state index contributed by atoms with van der Waals surface area (Å²) < 4.78 is 5.08. The molecule has 2 N–H and O–H groups in total. The van der Waals surface area contributed by atoms with Crippen molar-refractivity contribution in [1.29, 1.82) is 0 Å². The molecule has 0 aliphatic heterocycles. The van der Waals surface area contributed by atoms with Crippen molar-refractivity contribution < 1.29 is 4.74 Å². The van der Waals surface area contributed by atoms with Crippen LogP contribution in [-0.2, 0) is 4.74 Å². The molecule has 0 unspecified atom stereocenters. The normalized spacial score (nSPS) is 9.00. The van der Waals surface area contributed by atoms with Crippen molar-refractivity contribution in [1.82, 2.24) is 0 Å². The number of anilines is 1. The van der Waals surface area contributed by atoms with Gasteiger partial charge in [0.25, 0.3) is 0 Å². The smallest absolute Gasteiger partial charge is 0.108 e. The molecule has 68 valence electrons. The van der Waals surface area contributed by atoms with Gasteiger partial charge in [0.15, 0.2) is 0 Å². The molecule has 2 nitrogen and oxygen atoms in total. The summed E-state index contributed by atoms with van der Waals surface area (Å²) in [6.45, 7) is 3.12. The third kappa shape index (κ3) is 3.64. The maximum absolute atomic E-state index is 5.59. The van der Waals surface area contributed by atoms with Crippen LogP contribution in [0.15, 0.2) is 24.3 Å². The van der Waals surface area contributed by atoms with Gasteiger partial charge in [-0.05, 0) is 25.1 Å². The lowest BCUT2D eigenvalue weighted by molar-refractivity contribution is 0.182. The summed E-state index contributed by atoms with van der Waals surface area (Å²) in [7, 11) is 0. The SMILES string of the molecule is CCOCC#Cc1cccc(N)c1. The highest BCUT2D eigenvalue weighted by Gasteiger charge is 1.86. The number of nitrogen functional groups attached to an aromatic ring is 1. The Labute approximate surface area is 78.7 Å². The molecule has 0 saturated carbocycles. The van der Waals surface area contributed by atoms with Crippen LogP contribution in [0.2, 0.25) is 0 Å². The van der Waals surface area contributed by atoms with Crippen molar-refractivity contribution in [2.75, 3.05) is 18.9 Å². The number of ether oxygens (including phenoxy) is 1. The lowest BCUT2D eigenvalue weighted by Gasteiger charge is -1.93. The summed E-state index contributed by atoms with van der Waals surface area (Å²) in [4.78, 5) is 0. The van der Waals surface area contributed by atoms with Gasteiger partial charge in [-0.2, -0.15) is 0 Å². The first-order valence-corrected chi connectivity index (χ1v) is 4.25. The minimum Gasteiger partial charge on any atom is -0.399 e. The minimum atomic E-state index is 0.477. The van der Waals surface area contributed by atoms with Crippen molar-refractivity contribution in [3.05, 3.63) is 29.8 Å². The maximum Gasteiger partial charge on any atom is 0.108 e. The zero-order valence-corrected chi connectivity index (χ0v) is 7.71. The molecular formula is C11H13NO. The Morgan fingerprint density at radius 2 is 2.31 bits per heavy atom. The van der Waals surface area contributed by atoms with E-state index in [1.54, 1.807) is 0 Å². The molecule has 0 atom stereocenters. The molecule has 0 aliphatic rings. The summed E-state index contributed by atoms with van der Waals surface area (Å²) >= 11 is 0. The summed E-state index contributed by atoms with van der Waals surface area (Å²) in [5, 5.41) is 0. The second-order valence-corrected chi connectivity index (χ2v) is 2.56. The van der Waals surface area contributed by atoms with Gasteiger partial charge >= 0.3 is 0 Å². The average molecular weight is 175 g/mol. The topological polar surface area (TPSA) is 35.2 Å². The van der Waals surface area contributed by atoms with E-state index in [1.165, 1.54) is 0 Å². The van der Waals surface area contributed by atoms with Crippen molar-refractivity contribution in [3.63, 3.8) is 0 Å². The van der Waals surface area contributed by atoms with Gasteiger partial charge in [0.05, 0.1) is 0 Å². The molecule has 0 radical (unpaired) electrons. The lowest BCUT2D eigenvalue weighted by Crippen LogP contribution is -1.89. The number of hydrogen-bond donors (Lipinski definition) is 1. The van der Waals surface area contributed by atoms with Crippen molar-refractivity contribution in [3.8, 4) is 11.8 Å². The summed E-state index contributed by atoms with van der Waals surface area (Å²) in [6, 6.07) is 7.50. The molecule has 1 aromatic rings. The summed E-state index contributed by atoms with van der Waals surface area (Å²) in [6.07, 6.45) is 0. The van der Waals surface area contributed by atoms with Gasteiger partial charge in [-0.25, -0.2) is 0 Å². The molecule has 0 spiro atoms. The average Bonchev–Trinajstić information content (AvgIpc) is 2.13. The van der Waals surface area contributed by atoms with E-state index in [2.05, 4.69) is 11.8 Å². The van der Waals surface area contributed by atoms with Gasteiger partial charge in [-0.15, -0.1) is 0 Å². The predicted octanol–water partition coefficient (Wildman–Crippen LogP) is 1.66. The van der Waals surface area contributed by atoms with Crippen LogP contribution in [0.25, 0.3) is 0 Å². The Hall–Kier alpha value is -1.46. The molecule has 0 saturated heterocycles. The third-order valence-electron chi connectivity index (χ3n) is 1.50. The van der Waals surface area contributed by atoms with Gasteiger partial charge in [0, 0.05) is 17.9 Å². The predicted molar refractivity (Wildman–Crippen MR) is 54.2 cm³/mol. The van der Waals surface area contributed by atoms with Crippen molar-refractivity contribution in [2.45, 2.75) is 6.92 Å². The first kappa shape index (κ1) is 9.63. The van der Waals surface area contributed by atoms with E-state index >= 15 is 0 Å². The fourth-order valence-electron chi connectivity index (χ4n) is 0.908. The highest BCUT2D eigenvalue weighted by Crippen LogP contribution is 2.04. The lowest BCUT2D eigenvalue weighted by atomic mass is 10.2. The van der Waals surface area contributed by atoms with E-state index in [0.29, 0.717) is 13.2 Å². The van der Waals surface area contributed by atoms with E-state index in [1.807, 2.05) is 31.2 Å². The monoisotopic (exact) mass is 175 g/mol. The summed E-state index contributed by atoms with van der Waals surface area (Å²) in [5.41, 5.74) is 7.26. The Kier molecular flexibility index (Phi) is 3.87. The van der Waals surface area contributed by atoms with Crippen LogP contribution in [0.3, 0.4) is 0 Å². The first-order valence-electron chi connectivity index (χ1n) is 4.25. The van der Waals surface area contributed by atoms with Crippen LogP contribution >= 0.6 is 0 Å². The molecule has 0 heterocycles. The molecule has 0 fully saturated rings. The highest BCUT2D eigenvalue weighted by atomic mass is 16.5. The van der Waals surface area contributed by atoms with Crippen LogP contribution in [0, 0.1) is 11.8 Å². The number of nitrogens with two attached hydrogens (primary N) is 1. The summed E-state index contributed by atoms with van der Waals surface area (Å²) in [5.74, 6) is 5.87. The van der Waals surface area contributed by atoms with E-state index in [0.717, 1.165) is 11.3 Å². The Morgan fingerprint density at radius 1 is 1.46 bits per heavy atom. The van der Waals surface area contributed by atoms with Crippen LogP contribution in [0.4, 0.5) is 5.69 Å². The maximum atomic E-state index is 5.59. The Balaban J connectivity index is 2.56. The van der Waals surface area contributed by atoms with Gasteiger partial charge in [0.1, 0.15) is 6.61 Å².